The van der Waals surface area contributed by atoms with E-state index in [9.17, 15) is 5.11 Å². The lowest BCUT2D eigenvalue weighted by atomic mass is 10.1. The summed E-state index contributed by atoms with van der Waals surface area (Å²) in [4.78, 5) is 0. The second-order valence-electron chi connectivity index (χ2n) is 8.17. The molecule has 7 nitrogen and oxygen atoms in total. The minimum atomic E-state index is -0.615. The normalized spacial score (nSPS) is 14.0. The van der Waals surface area contributed by atoms with Gasteiger partial charge in [0.05, 0.1) is 65.1 Å². The molecular weight excluding hydrogens is 338 g/mol. The summed E-state index contributed by atoms with van der Waals surface area (Å²) in [5.41, 5.74) is -0.127. The Labute approximate surface area is 159 Å². The molecule has 1 atom stereocenters. The topological polar surface area (TPSA) is 78.4 Å². The van der Waals surface area contributed by atoms with Crippen LogP contribution in [0, 0.1) is 0 Å². The smallest absolute Gasteiger partial charge is 0.101 e. The zero-order chi connectivity index (χ0) is 19.9. The first-order valence-corrected chi connectivity index (χ1v) is 9.48. The predicted octanol–water partition coefficient (Wildman–Crippen LogP) is 1.62. The fourth-order valence-electron chi connectivity index (χ4n) is 1.77. The van der Waals surface area contributed by atoms with Crippen LogP contribution in [0.5, 0.6) is 0 Å². The van der Waals surface area contributed by atoms with Crippen LogP contribution < -0.4 is 5.32 Å². The monoisotopic (exact) mass is 379 g/mol. The molecule has 0 bridgehead atoms. The van der Waals surface area contributed by atoms with Gasteiger partial charge in [-0.1, -0.05) is 0 Å². The highest BCUT2D eigenvalue weighted by atomic mass is 16.6. The summed E-state index contributed by atoms with van der Waals surface area (Å²) in [6.07, 6.45) is -0.615. The van der Waals surface area contributed by atoms with Gasteiger partial charge in [-0.25, -0.2) is 0 Å². The van der Waals surface area contributed by atoms with Crippen molar-refractivity contribution in [1.82, 2.24) is 5.32 Å². The Kier molecular flexibility index (Phi) is 14.6. The highest BCUT2D eigenvalue weighted by Crippen LogP contribution is 2.07. The Bertz CT molecular complexity index is 314. The van der Waals surface area contributed by atoms with Crippen molar-refractivity contribution < 1.29 is 28.8 Å². The summed E-state index contributed by atoms with van der Waals surface area (Å²) in [5.74, 6) is 0. The van der Waals surface area contributed by atoms with E-state index < -0.39 is 6.10 Å². The Hall–Kier alpha value is -0.280. The minimum absolute atomic E-state index is 0.124. The van der Waals surface area contributed by atoms with Crippen LogP contribution in [0.4, 0.5) is 0 Å². The van der Waals surface area contributed by atoms with Crippen molar-refractivity contribution >= 4 is 0 Å². The molecule has 0 rings (SSSR count). The van der Waals surface area contributed by atoms with Crippen molar-refractivity contribution in [2.24, 2.45) is 0 Å². The predicted molar refractivity (Wildman–Crippen MR) is 103 cm³/mol. The van der Waals surface area contributed by atoms with E-state index in [2.05, 4.69) is 26.1 Å². The number of ether oxygens (including phenoxy) is 5. The molecule has 0 fully saturated rings. The molecule has 158 valence electrons. The van der Waals surface area contributed by atoms with Crippen molar-refractivity contribution in [2.75, 3.05) is 66.0 Å². The molecule has 0 saturated carbocycles. The number of aliphatic hydroxyl groups excluding tert-OH is 1. The van der Waals surface area contributed by atoms with E-state index in [1.807, 2.05) is 20.8 Å². The molecule has 1 unspecified atom stereocenters. The summed E-state index contributed by atoms with van der Waals surface area (Å²) >= 11 is 0. The van der Waals surface area contributed by atoms with E-state index in [1.54, 1.807) is 0 Å². The van der Waals surface area contributed by atoms with Gasteiger partial charge in [-0.15, -0.1) is 0 Å². The van der Waals surface area contributed by atoms with Gasteiger partial charge in [0, 0.05) is 12.1 Å². The zero-order valence-corrected chi connectivity index (χ0v) is 17.6. The van der Waals surface area contributed by atoms with Crippen LogP contribution in [0.2, 0.25) is 0 Å². The van der Waals surface area contributed by atoms with Crippen LogP contribution in [0.25, 0.3) is 0 Å². The number of nitrogens with one attached hydrogen (secondary N) is 1. The van der Waals surface area contributed by atoms with Gasteiger partial charge in [0.25, 0.3) is 0 Å². The zero-order valence-electron chi connectivity index (χ0n) is 17.6. The molecule has 0 amide bonds. The number of hydrogen-bond acceptors (Lipinski definition) is 7. The molecule has 0 saturated heterocycles. The molecule has 0 heterocycles. The second kappa shape index (κ2) is 14.7. The van der Waals surface area contributed by atoms with Crippen molar-refractivity contribution in [1.29, 1.82) is 0 Å². The Morgan fingerprint density at radius 1 is 0.692 bits per heavy atom. The van der Waals surface area contributed by atoms with Crippen LogP contribution in [0.3, 0.4) is 0 Å². The molecule has 7 heteroatoms. The van der Waals surface area contributed by atoms with Gasteiger partial charge < -0.3 is 34.1 Å². The summed E-state index contributed by atoms with van der Waals surface area (Å²) in [7, 11) is 0. The molecular formula is C19H41NO6. The fraction of sp³-hybridized carbons (Fsp3) is 1.00. The first-order chi connectivity index (χ1) is 12.1. The summed E-state index contributed by atoms with van der Waals surface area (Å²) < 4.78 is 27.1. The standard InChI is InChI=1S/C19H41NO6/c1-18(2,3)20-7-8-22-9-10-23-11-12-24-13-14-25-15-17(21)16-26-19(4,5)6/h17,20-21H,7-16H2,1-6H3. The third-order valence-corrected chi connectivity index (χ3v) is 3.04. The molecule has 0 radical (unpaired) electrons. The first kappa shape index (κ1) is 25.7. The van der Waals surface area contributed by atoms with Gasteiger partial charge in [-0.05, 0) is 41.5 Å². The largest absolute Gasteiger partial charge is 0.388 e. The quantitative estimate of drug-likeness (QED) is 0.395. The van der Waals surface area contributed by atoms with E-state index in [4.69, 9.17) is 23.7 Å². The third-order valence-electron chi connectivity index (χ3n) is 3.04. The number of rotatable bonds is 16. The maximum Gasteiger partial charge on any atom is 0.101 e. The minimum Gasteiger partial charge on any atom is -0.388 e. The molecule has 0 aliphatic rings. The van der Waals surface area contributed by atoms with Gasteiger partial charge in [0.1, 0.15) is 6.10 Å². The van der Waals surface area contributed by atoms with Gasteiger partial charge >= 0.3 is 0 Å². The van der Waals surface area contributed by atoms with E-state index in [1.165, 1.54) is 0 Å². The lowest BCUT2D eigenvalue weighted by Crippen LogP contribution is -2.38. The first-order valence-electron chi connectivity index (χ1n) is 9.48. The average molecular weight is 380 g/mol. The van der Waals surface area contributed by atoms with Crippen LogP contribution >= 0.6 is 0 Å². The highest BCUT2D eigenvalue weighted by molar-refractivity contribution is 4.69. The van der Waals surface area contributed by atoms with Crippen molar-refractivity contribution in [3.8, 4) is 0 Å². The fourth-order valence-corrected chi connectivity index (χ4v) is 1.77. The van der Waals surface area contributed by atoms with Crippen LogP contribution in [0.15, 0.2) is 0 Å². The Balaban J connectivity index is 3.20. The second-order valence-corrected chi connectivity index (χ2v) is 8.17. The van der Waals surface area contributed by atoms with Gasteiger partial charge in [-0.2, -0.15) is 0 Å². The Morgan fingerprint density at radius 3 is 1.62 bits per heavy atom. The molecule has 0 spiro atoms. The van der Waals surface area contributed by atoms with Crippen LogP contribution in [-0.2, 0) is 23.7 Å². The summed E-state index contributed by atoms with van der Waals surface area (Å²) in [6.45, 7) is 17.4. The van der Waals surface area contributed by atoms with E-state index in [-0.39, 0.29) is 24.4 Å². The lowest BCUT2D eigenvalue weighted by Gasteiger charge is -2.21. The van der Waals surface area contributed by atoms with Crippen LogP contribution in [-0.4, -0.2) is 88.4 Å². The maximum atomic E-state index is 9.70. The molecule has 0 aromatic carbocycles. The highest BCUT2D eigenvalue weighted by Gasteiger charge is 2.13. The van der Waals surface area contributed by atoms with Crippen molar-refractivity contribution in [3.63, 3.8) is 0 Å². The number of aliphatic hydroxyl groups is 1. The molecule has 26 heavy (non-hydrogen) atoms. The van der Waals surface area contributed by atoms with Gasteiger partial charge in [0.15, 0.2) is 0 Å². The summed E-state index contributed by atoms with van der Waals surface area (Å²) in [6, 6.07) is 0. The molecule has 0 aromatic rings. The summed E-state index contributed by atoms with van der Waals surface area (Å²) in [5, 5.41) is 13.1. The molecule has 0 aliphatic heterocycles. The van der Waals surface area contributed by atoms with E-state index in [0.717, 1.165) is 6.54 Å². The van der Waals surface area contributed by atoms with Crippen molar-refractivity contribution in [2.45, 2.75) is 58.8 Å². The van der Waals surface area contributed by atoms with E-state index in [0.29, 0.717) is 46.2 Å². The van der Waals surface area contributed by atoms with Crippen molar-refractivity contribution in [3.05, 3.63) is 0 Å². The molecule has 0 aliphatic carbocycles. The maximum absolute atomic E-state index is 9.70. The van der Waals surface area contributed by atoms with Crippen LogP contribution in [0.1, 0.15) is 41.5 Å². The lowest BCUT2D eigenvalue weighted by molar-refractivity contribution is -0.0766. The Morgan fingerprint density at radius 2 is 1.15 bits per heavy atom. The van der Waals surface area contributed by atoms with E-state index >= 15 is 0 Å². The average Bonchev–Trinajstić information content (AvgIpc) is 2.51. The number of hydrogen-bond donors (Lipinski definition) is 2. The van der Waals surface area contributed by atoms with Gasteiger partial charge in [-0.3, -0.25) is 0 Å². The molecule has 0 aromatic heterocycles. The third kappa shape index (κ3) is 21.8. The molecule has 2 N–H and O–H groups in total. The SMILES string of the molecule is CC(C)(C)NCCOCCOCCOCCOCC(O)COC(C)(C)C. The van der Waals surface area contributed by atoms with Gasteiger partial charge in [0.2, 0.25) is 0 Å².